The van der Waals surface area contributed by atoms with Crippen molar-refractivity contribution in [2.45, 2.75) is 220 Å². The maximum atomic E-state index is 11.8. The zero-order valence-corrected chi connectivity index (χ0v) is 27.2. The smallest absolute Gasteiger partial charge is 0.305 e. The van der Waals surface area contributed by atoms with Crippen LogP contribution in [0.3, 0.4) is 0 Å². The molecule has 38 heavy (non-hydrogen) atoms. The molecule has 0 aliphatic rings. The lowest BCUT2D eigenvalue weighted by molar-refractivity contribution is -0.143. The Balaban J connectivity index is 0. The minimum absolute atomic E-state index is 0.0222. The zero-order chi connectivity index (χ0) is 28.2. The highest BCUT2D eigenvalue weighted by atomic mass is 16.5. The second kappa shape index (κ2) is 38.6. The van der Waals surface area contributed by atoms with Gasteiger partial charge in [-0.1, -0.05) is 201 Å². The van der Waals surface area contributed by atoms with E-state index in [2.05, 4.69) is 27.7 Å². The molecule has 0 heterocycles. The van der Waals surface area contributed by atoms with E-state index in [0.717, 1.165) is 12.8 Å². The van der Waals surface area contributed by atoms with Gasteiger partial charge in [-0.2, -0.15) is 0 Å². The number of hydrogen-bond donors (Lipinski definition) is 0. The van der Waals surface area contributed by atoms with Crippen LogP contribution in [0.5, 0.6) is 0 Å². The van der Waals surface area contributed by atoms with E-state index in [9.17, 15) is 4.79 Å². The van der Waals surface area contributed by atoms with Gasteiger partial charge in [0.15, 0.2) is 0 Å². The summed E-state index contributed by atoms with van der Waals surface area (Å²) in [5.41, 5.74) is 0. The lowest BCUT2D eigenvalue weighted by Crippen LogP contribution is -2.05. The fourth-order valence-corrected chi connectivity index (χ4v) is 4.99. The third-order valence-corrected chi connectivity index (χ3v) is 7.70. The van der Waals surface area contributed by atoms with Crippen molar-refractivity contribution in [2.24, 2.45) is 0 Å². The second-order valence-electron chi connectivity index (χ2n) is 11.8. The minimum Gasteiger partial charge on any atom is -0.466 e. The molecule has 0 saturated carbocycles. The Kier molecular flexibility index (Phi) is 40.3. The van der Waals surface area contributed by atoms with Crippen LogP contribution in [-0.2, 0) is 9.53 Å². The summed E-state index contributed by atoms with van der Waals surface area (Å²) in [5, 5.41) is 0. The lowest BCUT2D eigenvalue weighted by Gasteiger charge is -2.06. The van der Waals surface area contributed by atoms with E-state index in [4.69, 9.17) is 4.74 Å². The molecule has 0 unspecified atom stereocenters. The van der Waals surface area contributed by atoms with Gasteiger partial charge in [0.2, 0.25) is 0 Å². The lowest BCUT2D eigenvalue weighted by atomic mass is 10.0. The summed E-state index contributed by atoms with van der Waals surface area (Å²) in [6, 6.07) is 0. The predicted molar refractivity (Wildman–Crippen MR) is 172 cm³/mol. The van der Waals surface area contributed by atoms with Crippen molar-refractivity contribution in [1.29, 1.82) is 0 Å². The molecule has 0 rings (SSSR count). The van der Waals surface area contributed by atoms with Crippen LogP contribution >= 0.6 is 0 Å². The van der Waals surface area contributed by atoms with E-state index in [1.165, 1.54) is 173 Å². The first kappa shape index (κ1) is 39.6. The molecule has 0 N–H and O–H groups in total. The molecule has 0 saturated heterocycles. The summed E-state index contributed by atoms with van der Waals surface area (Å²) in [6.07, 6.45) is 39.8. The predicted octanol–water partition coefficient (Wildman–Crippen LogP) is 13.3. The van der Waals surface area contributed by atoms with E-state index < -0.39 is 0 Å². The SMILES string of the molecule is CCCCCCCC.CCCCCCCCCCCCCCCC(=O)OCCCCCCCCCCCC. The number of ether oxygens (including phenoxy) is 1. The molecule has 0 radical (unpaired) electrons. The van der Waals surface area contributed by atoms with Crippen molar-refractivity contribution in [3.8, 4) is 0 Å². The first-order valence-electron chi connectivity index (χ1n) is 17.9. The molecule has 0 aliphatic heterocycles. The minimum atomic E-state index is 0.0222. The molecule has 0 aromatic carbocycles. The van der Waals surface area contributed by atoms with E-state index in [1.54, 1.807) is 0 Å². The van der Waals surface area contributed by atoms with E-state index in [1.807, 2.05) is 0 Å². The maximum absolute atomic E-state index is 11.8. The van der Waals surface area contributed by atoms with E-state index >= 15 is 0 Å². The highest BCUT2D eigenvalue weighted by Crippen LogP contribution is 2.14. The number of rotatable bonds is 30. The quantitative estimate of drug-likeness (QED) is 0.0671. The van der Waals surface area contributed by atoms with Gasteiger partial charge in [-0.15, -0.1) is 0 Å². The Labute approximate surface area is 242 Å². The van der Waals surface area contributed by atoms with Gasteiger partial charge in [-0.25, -0.2) is 0 Å². The first-order chi connectivity index (χ1) is 18.7. The topological polar surface area (TPSA) is 26.3 Å². The van der Waals surface area contributed by atoms with Crippen molar-refractivity contribution >= 4 is 5.97 Å². The molecule has 0 fully saturated rings. The van der Waals surface area contributed by atoms with Gasteiger partial charge < -0.3 is 4.74 Å². The summed E-state index contributed by atoms with van der Waals surface area (Å²) in [6.45, 7) is 9.69. The number of esters is 1. The number of carbonyl (C=O) groups is 1. The fourth-order valence-electron chi connectivity index (χ4n) is 4.99. The summed E-state index contributed by atoms with van der Waals surface area (Å²) in [7, 11) is 0. The summed E-state index contributed by atoms with van der Waals surface area (Å²) >= 11 is 0. The molecule has 0 amide bonds. The molecular formula is C36H74O2. The largest absolute Gasteiger partial charge is 0.466 e. The third kappa shape index (κ3) is 40.0. The molecule has 0 spiro atoms. The van der Waals surface area contributed by atoms with Crippen LogP contribution in [-0.4, -0.2) is 12.6 Å². The number of carbonyl (C=O) groups excluding carboxylic acids is 1. The average Bonchev–Trinajstić information content (AvgIpc) is 2.92. The van der Waals surface area contributed by atoms with Gasteiger partial charge in [-0.05, 0) is 12.8 Å². The van der Waals surface area contributed by atoms with Crippen LogP contribution in [0.1, 0.15) is 220 Å². The monoisotopic (exact) mass is 539 g/mol. The normalized spacial score (nSPS) is 10.8. The second-order valence-corrected chi connectivity index (χ2v) is 11.8. The molecule has 230 valence electrons. The van der Waals surface area contributed by atoms with Gasteiger partial charge in [0.25, 0.3) is 0 Å². The first-order valence-corrected chi connectivity index (χ1v) is 17.9. The Morgan fingerprint density at radius 2 is 0.579 bits per heavy atom. The zero-order valence-electron chi connectivity index (χ0n) is 27.2. The van der Waals surface area contributed by atoms with Crippen LogP contribution in [0.15, 0.2) is 0 Å². The van der Waals surface area contributed by atoms with Gasteiger partial charge in [0.1, 0.15) is 0 Å². The average molecular weight is 539 g/mol. The molecule has 0 atom stereocenters. The van der Waals surface area contributed by atoms with Crippen molar-refractivity contribution in [3.63, 3.8) is 0 Å². The van der Waals surface area contributed by atoms with Crippen molar-refractivity contribution in [1.82, 2.24) is 0 Å². The molecule has 0 aromatic rings. The van der Waals surface area contributed by atoms with Gasteiger partial charge >= 0.3 is 5.97 Å². The Hall–Kier alpha value is -0.530. The number of hydrogen-bond acceptors (Lipinski definition) is 2. The summed E-state index contributed by atoms with van der Waals surface area (Å²) in [4.78, 5) is 11.8. The number of unbranched alkanes of at least 4 members (excludes halogenated alkanes) is 26. The van der Waals surface area contributed by atoms with Crippen LogP contribution in [0, 0.1) is 0 Å². The van der Waals surface area contributed by atoms with Gasteiger partial charge in [0, 0.05) is 6.42 Å². The van der Waals surface area contributed by atoms with Crippen LogP contribution < -0.4 is 0 Å². The molecule has 2 heteroatoms. The molecule has 0 aromatic heterocycles. The highest BCUT2D eigenvalue weighted by molar-refractivity contribution is 5.69. The van der Waals surface area contributed by atoms with Crippen molar-refractivity contribution in [3.05, 3.63) is 0 Å². The standard InChI is InChI=1S/C28H56O2.C8H18/c1-3-5-7-9-11-13-15-16-17-18-20-22-24-26-28(29)30-27-25-23-21-19-14-12-10-8-6-4-2;1-3-5-7-8-6-4-2/h3-27H2,1-2H3;3-8H2,1-2H3. The van der Waals surface area contributed by atoms with Crippen molar-refractivity contribution < 1.29 is 9.53 Å². The summed E-state index contributed by atoms with van der Waals surface area (Å²) < 4.78 is 5.38. The molecule has 2 nitrogen and oxygen atoms in total. The van der Waals surface area contributed by atoms with Crippen LogP contribution in [0.2, 0.25) is 0 Å². The van der Waals surface area contributed by atoms with Crippen LogP contribution in [0.4, 0.5) is 0 Å². The molecule has 0 aliphatic carbocycles. The van der Waals surface area contributed by atoms with E-state index in [-0.39, 0.29) is 5.97 Å². The molecule has 0 bridgehead atoms. The van der Waals surface area contributed by atoms with Gasteiger partial charge in [-0.3, -0.25) is 4.79 Å². The van der Waals surface area contributed by atoms with Crippen LogP contribution in [0.25, 0.3) is 0 Å². The molecular weight excluding hydrogens is 464 g/mol. The Morgan fingerprint density at radius 3 is 0.868 bits per heavy atom. The summed E-state index contributed by atoms with van der Waals surface area (Å²) in [5.74, 6) is 0.0222. The van der Waals surface area contributed by atoms with Crippen molar-refractivity contribution in [2.75, 3.05) is 6.61 Å². The fraction of sp³-hybridized carbons (Fsp3) is 0.972. The maximum Gasteiger partial charge on any atom is 0.305 e. The Morgan fingerprint density at radius 1 is 0.342 bits per heavy atom. The highest BCUT2D eigenvalue weighted by Gasteiger charge is 2.02. The van der Waals surface area contributed by atoms with Gasteiger partial charge in [0.05, 0.1) is 6.61 Å². The third-order valence-electron chi connectivity index (χ3n) is 7.70. The van der Waals surface area contributed by atoms with E-state index in [0.29, 0.717) is 13.0 Å². The Bertz CT molecular complexity index is 400.